The number of rotatable bonds is 6. The number of anilines is 1. The minimum Gasteiger partial charge on any atom is -0.505 e. The maximum Gasteiger partial charge on any atom is 0.319 e. The lowest BCUT2D eigenvalue weighted by Crippen LogP contribution is -2.35. The third-order valence-electron chi connectivity index (χ3n) is 4.62. The third-order valence-corrected chi connectivity index (χ3v) is 4.85. The molecule has 0 radical (unpaired) electrons. The molecule has 160 valence electrons. The molecule has 0 saturated carbocycles. The standard InChI is InChI=1S/C22H20ClN3O5/c1-26-9-8-18(27)20(21(26)30)25-22(31)24-17(12-19(28)29)15-6-2-4-13(10-15)14-5-3-7-16(23)11-14/h2-11,17,27H,12H2,1H3,(H,28,29)(H2,24,25,31)/t17-/m0/s1. The Morgan fingerprint density at radius 1 is 1.10 bits per heavy atom. The molecule has 8 nitrogen and oxygen atoms in total. The lowest BCUT2D eigenvalue weighted by Gasteiger charge is -2.19. The maximum absolute atomic E-state index is 12.5. The number of aliphatic carboxylic acids is 1. The van der Waals surface area contributed by atoms with E-state index in [1.54, 1.807) is 36.4 Å². The van der Waals surface area contributed by atoms with Crippen molar-refractivity contribution in [3.8, 4) is 16.9 Å². The highest BCUT2D eigenvalue weighted by molar-refractivity contribution is 6.30. The summed E-state index contributed by atoms with van der Waals surface area (Å²) in [7, 11) is 1.47. The molecule has 0 aliphatic rings. The maximum atomic E-state index is 12.5. The molecule has 1 heterocycles. The number of carboxylic acids is 1. The van der Waals surface area contributed by atoms with Crippen LogP contribution < -0.4 is 16.2 Å². The molecule has 1 aromatic heterocycles. The van der Waals surface area contributed by atoms with Crippen molar-refractivity contribution in [2.75, 3.05) is 5.32 Å². The Morgan fingerprint density at radius 2 is 1.77 bits per heavy atom. The number of pyridine rings is 1. The number of nitrogens with one attached hydrogen (secondary N) is 2. The van der Waals surface area contributed by atoms with Gasteiger partial charge in [-0.25, -0.2) is 4.79 Å². The average molecular weight is 442 g/mol. The van der Waals surface area contributed by atoms with Crippen LogP contribution in [0, 0.1) is 0 Å². The first-order chi connectivity index (χ1) is 14.7. The van der Waals surface area contributed by atoms with Gasteiger partial charge < -0.3 is 25.4 Å². The summed E-state index contributed by atoms with van der Waals surface area (Å²) < 4.78 is 1.19. The largest absolute Gasteiger partial charge is 0.505 e. The zero-order valence-electron chi connectivity index (χ0n) is 16.5. The van der Waals surface area contributed by atoms with E-state index in [9.17, 15) is 24.6 Å². The number of amides is 2. The summed E-state index contributed by atoms with van der Waals surface area (Å²) >= 11 is 6.06. The van der Waals surface area contributed by atoms with Crippen LogP contribution in [0.4, 0.5) is 10.5 Å². The predicted molar refractivity (Wildman–Crippen MR) is 117 cm³/mol. The van der Waals surface area contributed by atoms with Gasteiger partial charge >= 0.3 is 12.0 Å². The third kappa shape index (κ3) is 5.43. The van der Waals surface area contributed by atoms with Gasteiger partial charge in [0.15, 0.2) is 5.69 Å². The zero-order chi connectivity index (χ0) is 22.5. The number of carboxylic acid groups (broad SMARTS) is 1. The van der Waals surface area contributed by atoms with E-state index in [-0.39, 0.29) is 12.1 Å². The molecule has 31 heavy (non-hydrogen) atoms. The zero-order valence-corrected chi connectivity index (χ0v) is 17.3. The fourth-order valence-corrected chi connectivity index (χ4v) is 3.26. The van der Waals surface area contributed by atoms with E-state index in [0.717, 1.165) is 11.1 Å². The molecule has 0 bridgehead atoms. The Kier molecular flexibility index (Phi) is 6.61. The number of halogens is 1. The van der Waals surface area contributed by atoms with E-state index >= 15 is 0 Å². The number of carbonyl (C=O) groups is 2. The average Bonchev–Trinajstić information content (AvgIpc) is 2.73. The molecular weight excluding hydrogens is 422 g/mol. The second-order valence-electron chi connectivity index (χ2n) is 6.88. The first-order valence-corrected chi connectivity index (χ1v) is 9.66. The number of nitrogens with zero attached hydrogens (tertiary/aromatic N) is 1. The normalized spacial score (nSPS) is 11.5. The fraction of sp³-hybridized carbons (Fsp3) is 0.136. The second kappa shape index (κ2) is 9.36. The first-order valence-electron chi connectivity index (χ1n) is 9.28. The van der Waals surface area contributed by atoms with Gasteiger partial charge in [0, 0.05) is 18.3 Å². The summed E-state index contributed by atoms with van der Waals surface area (Å²) in [6.45, 7) is 0. The van der Waals surface area contributed by atoms with E-state index < -0.39 is 29.4 Å². The van der Waals surface area contributed by atoms with Gasteiger partial charge in [-0.3, -0.25) is 9.59 Å². The van der Waals surface area contributed by atoms with Crippen molar-refractivity contribution in [2.24, 2.45) is 7.05 Å². The van der Waals surface area contributed by atoms with Crippen LogP contribution in [0.1, 0.15) is 18.0 Å². The van der Waals surface area contributed by atoms with Crippen molar-refractivity contribution in [2.45, 2.75) is 12.5 Å². The van der Waals surface area contributed by atoms with Crippen LogP contribution >= 0.6 is 11.6 Å². The monoisotopic (exact) mass is 441 g/mol. The van der Waals surface area contributed by atoms with Gasteiger partial charge in [-0.2, -0.15) is 0 Å². The summed E-state index contributed by atoms with van der Waals surface area (Å²) in [4.78, 5) is 36.0. The Hall–Kier alpha value is -3.78. The number of aromatic hydroxyl groups is 1. The molecular formula is C22H20ClN3O5. The second-order valence-corrected chi connectivity index (χ2v) is 7.31. The number of urea groups is 1. The summed E-state index contributed by atoms with van der Waals surface area (Å²) in [6.07, 6.45) is 0.973. The topological polar surface area (TPSA) is 121 Å². The van der Waals surface area contributed by atoms with Crippen LogP contribution in [0.25, 0.3) is 11.1 Å². The van der Waals surface area contributed by atoms with Crippen LogP contribution in [0.15, 0.2) is 65.6 Å². The lowest BCUT2D eigenvalue weighted by atomic mass is 9.98. The van der Waals surface area contributed by atoms with Crippen LogP contribution in [-0.4, -0.2) is 26.8 Å². The number of hydrogen-bond donors (Lipinski definition) is 4. The Labute approximate surface area is 182 Å². The number of hydrogen-bond acceptors (Lipinski definition) is 4. The number of aromatic nitrogens is 1. The Morgan fingerprint density at radius 3 is 2.45 bits per heavy atom. The Bertz CT molecular complexity index is 1190. The number of carbonyl (C=O) groups excluding carboxylic acids is 1. The van der Waals surface area contributed by atoms with Crippen molar-refractivity contribution in [1.29, 1.82) is 0 Å². The molecule has 4 N–H and O–H groups in total. The van der Waals surface area contributed by atoms with Crippen molar-refractivity contribution in [3.63, 3.8) is 0 Å². The quantitative estimate of drug-likeness (QED) is 0.464. The van der Waals surface area contributed by atoms with Gasteiger partial charge in [-0.15, -0.1) is 0 Å². The van der Waals surface area contributed by atoms with E-state index in [0.29, 0.717) is 10.6 Å². The van der Waals surface area contributed by atoms with Crippen LogP contribution in [0.3, 0.4) is 0 Å². The molecule has 3 aromatic rings. The SMILES string of the molecule is Cn1ccc(O)c(NC(=O)N[C@@H](CC(=O)O)c2cccc(-c3cccc(Cl)c3)c2)c1=O. The highest BCUT2D eigenvalue weighted by atomic mass is 35.5. The molecule has 0 saturated heterocycles. The van der Waals surface area contributed by atoms with Gasteiger partial charge in [0.05, 0.1) is 12.5 Å². The minimum atomic E-state index is -1.11. The van der Waals surface area contributed by atoms with Crippen molar-refractivity contribution in [1.82, 2.24) is 9.88 Å². The van der Waals surface area contributed by atoms with Crippen molar-refractivity contribution < 1.29 is 19.8 Å². The molecule has 2 aromatic carbocycles. The summed E-state index contributed by atoms with van der Waals surface area (Å²) in [5, 5.41) is 24.6. The van der Waals surface area contributed by atoms with Gasteiger partial charge in [0.25, 0.3) is 5.56 Å². The van der Waals surface area contributed by atoms with Crippen molar-refractivity contribution in [3.05, 3.63) is 81.7 Å². The Balaban J connectivity index is 1.87. The molecule has 0 aliphatic carbocycles. The molecule has 1 atom stereocenters. The molecule has 0 fully saturated rings. The molecule has 0 aliphatic heterocycles. The lowest BCUT2D eigenvalue weighted by molar-refractivity contribution is -0.137. The van der Waals surface area contributed by atoms with Crippen LogP contribution in [0.2, 0.25) is 5.02 Å². The highest BCUT2D eigenvalue weighted by Crippen LogP contribution is 2.27. The molecule has 0 unspecified atom stereocenters. The molecule has 0 spiro atoms. The van der Waals surface area contributed by atoms with Gasteiger partial charge in [0.2, 0.25) is 0 Å². The highest BCUT2D eigenvalue weighted by Gasteiger charge is 2.20. The fourth-order valence-electron chi connectivity index (χ4n) is 3.07. The van der Waals surface area contributed by atoms with Crippen molar-refractivity contribution >= 4 is 29.3 Å². The van der Waals surface area contributed by atoms with Gasteiger partial charge in [0.1, 0.15) is 5.75 Å². The van der Waals surface area contributed by atoms with E-state index in [2.05, 4.69) is 10.6 Å². The number of aryl methyl sites for hydroxylation is 1. The minimum absolute atomic E-state index is 0.302. The summed E-state index contributed by atoms with van der Waals surface area (Å²) in [5.74, 6) is -1.51. The number of benzene rings is 2. The predicted octanol–water partition coefficient (Wildman–Crippen LogP) is 3.75. The van der Waals surface area contributed by atoms with Gasteiger partial charge in [-0.1, -0.05) is 41.9 Å². The molecule has 9 heteroatoms. The van der Waals surface area contributed by atoms with Crippen LogP contribution in [0.5, 0.6) is 5.75 Å². The smallest absolute Gasteiger partial charge is 0.319 e. The summed E-state index contributed by atoms with van der Waals surface area (Å²) in [6, 6.07) is 13.8. The van der Waals surface area contributed by atoms with E-state index in [1.807, 2.05) is 12.1 Å². The van der Waals surface area contributed by atoms with E-state index in [1.165, 1.54) is 23.9 Å². The molecule has 2 amide bonds. The molecule has 3 rings (SSSR count). The van der Waals surface area contributed by atoms with Crippen LogP contribution in [-0.2, 0) is 11.8 Å². The van der Waals surface area contributed by atoms with E-state index in [4.69, 9.17) is 11.6 Å². The summed E-state index contributed by atoms with van der Waals surface area (Å²) in [5.41, 5.74) is 1.29. The van der Waals surface area contributed by atoms with Gasteiger partial charge in [-0.05, 0) is 41.0 Å². The first kappa shape index (κ1) is 21.9.